The van der Waals surface area contributed by atoms with E-state index in [0.29, 0.717) is 18.6 Å². The number of aromatic nitrogens is 3. The van der Waals surface area contributed by atoms with Gasteiger partial charge in [0.1, 0.15) is 0 Å². The third-order valence-electron chi connectivity index (χ3n) is 5.59. The zero-order valence-corrected chi connectivity index (χ0v) is 18.3. The van der Waals surface area contributed by atoms with Crippen LogP contribution in [-0.2, 0) is 5.60 Å². The Morgan fingerprint density at radius 2 is 1.69 bits per heavy atom. The second-order valence-electron chi connectivity index (χ2n) is 7.86. The van der Waals surface area contributed by atoms with E-state index >= 15 is 0 Å². The van der Waals surface area contributed by atoms with Crippen LogP contribution in [0.1, 0.15) is 22.5 Å². The van der Waals surface area contributed by atoms with Crippen LogP contribution in [0.2, 0.25) is 0 Å². The average molecular weight is 523 g/mol. The number of alkyl halides is 6. The second-order valence-corrected chi connectivity index (χ2v) is 7.86. The van der Waals surface area contributed by atoms with Gasteiger partial charge in [0.2, 0.25) is 5.95 Å². The zero-order chi connectivity index (χ0) is 27.1. The molecular formula is C19H19F6N7O4. The molecule has 1 aliphatic heterocycles. The van der Waals surface area contributed by atoms with Crippen LogP contribution in [-0.4, -0.2) is 80.8 Å². The van der Waals surface area contributed by atoms with Crippen molar-refractivity contribution in [2.45, 2.75) is 30.4 Å². The van der Waals surface area contributed by atoms with E-state index in [1.807, 2.05) is 0 Å². The molecule has 0 bridgehead atoms. The Bertz CT molecular complexity index is 1130. The summed E-state index contributed by atoms with van der Waals surface area (Å²) in [6.07, 6.45) is -12.8. The van der Waals surface area contributed by atoms with Crippen molar-refractivity contribution in [3.63, 3.8) is 0 Å². The van der Waals surface area contributed by atoms with Crippen molar-refractivity contribution in [3.05, 3.63) is 35.5 Å². The van der Waals surface area contributed by atoms with E-state index in [1.165, 1.54) is 9.80 Å². The molecule has 1 unspecified atom stereocenters. The molecule has 0 aliphatic carbocycles. The van der Waals surface area contributed by atoms with Gasteiger partial charge in [0.15, 0.2) is 11.5 Å². The van der Waals surface area contributed by atoms with Gasteiger partial charge < -0.3 is 31.1 Å². The van der Waals surface area contributed by atoms with E-state index in [2.05, 4.69) is 20.5 Å². The number of amides is 2. The number of hydrogen-bond donors (Lipinski definition) is 4. The molecule has 36 heavy (non-hydrogen) atoms. The van der Waals surface area contributed by atoms with Crippen molar-refractivity contribution in [2.75, 3.05) is 30.4 Å². The van der Waals surface area contributed by atoms with Crippen molar-refractivity contribution in [2.24, 2.45) is 5.73 Å². The van der Waals surface area contributed by atoms with E-state index in [0.717, 1.165) is 12.1 Å². The molecule has 0 saturated carbocycles. The fourth-order valence-corrected chi connectivity index (χ4v) is 3.53. The molecule has 0 radical (unpaired) electrons. The molecule has 3 rings (SSSR count). The summed E-state index contributed by atoms with van der Waals surface area (Å²) < 4.78 is 78.5. The fourth-order valence-electron chi connectivity index (χ4n) is 3.53. The highest BCUT2D eigenvalue weighted by atomic mass is 19.4. The Balaban J connectivity index is 1.90. The highest BCUT2D eigenvalue weighted by Gasteiger charge is 2.71. The number of carbonyl (C=O) groups is 2. The molecule has 1 aromatic carbocycles. The maximum atomic E-state index is 13.1. The predicted molar refractivity (Wildman–Crippen MR) is 110 cm³/mol. The summed E-state index contributed by atoms with van der Waals surface area (Å²) in [5.74, 6) is -1.44. The number of carbonyl (C=O) groups excluding carboxylic acids is 1. The number of rotatable bonds is 6. The normalized spacial score (nSPS) is 16.7. The van der Waals surface area contributed by atoms with Crippen molar-refractivity contribution in [3.8, 4) is 0 Å². The summed E-state index contributed by atoms with van der Waals surface area (Å²) in [5.41, 5.74) is -1.91. The Morgan fingerprint density at radius 3 is 2.17 bits per heavy atom. The molecule has 1 fully saturated rings. The van der Waals surface area contributed by atoms with Crippen LogP contribution in [0.3, 0.4) is 0 Å². The van der Waals surface area contributed by atoms with Crippen molar-refractivity contribution < 1.29 is 46.1 Å². The Morgan fingerprint density at radius 1 is 1.11 bits per heavy atom. The molecule has 1 aliphatic rings. The van der Waals surface area contributed by atoms with Gasteiger partial charge in [0, 0.05) is 31.4 Å². The van der Waals surface area contributed by atoms with Crippen LogP contribution in [0.4, 0.5) is 48.6 Å². The molecule has 2 amide bonds. The number of likely N-dealkylation sites (N-methyl/N-ethyl adjacent to an activating group) is 1. The lowest BCUT2D eigenvalue weighted by atomic mass is 9.92. The molecule has 2 heterocycles. The van der Waals surface area contributed by atoms with Crippen LogP contribution >= 0.6 is 0 Å². The number of carboxylic acid groups (broad SMARTS) is 1. The minimum absolute atomic E-state index is 0.0557. The van der Waals surface area contributed by atoms with E-state index < -0.39 is 41.2 Å². The number of hydrogen-bond acceptors (Lipinski definition) is 8. The van der Waals surface area contributed by atoms with Crippen molar-refractivity contribution in [1.82, 2.24) is 20.1 Å². The standard InChI is InChI=1S/C19H19F6N7O4/c1-31(11-6-7-32(8-11)16(34)35)15-28-14(12(13(26)33)29-30-15)27-10-4-2-9(3-5-10)17(36,18(20,21)22)19(23,24)25/h2-5,11,36H,6-8H2,1H3,(H2,26,33)(H,34,35)(H,27,28,30). The number of nitrogens with two attached hydrogens (primary N) is 1. The molecule has 1 saturated heterocycles. The maximum absolute atomic E-state index is 13.1. The molecule has 2 aromatic rings. The number of aliphatic hydroxyl groups is 1. The topological polar surface area (TPSA) is 158 Å². The fraction of sp³-hybridized carbons (Fsp3) is 0.421. The number of anilines is 3. The van der Waals surface area contributed by atoms with Gasteiger partial charge in [0.25, 0.3) is 11.5 Å². The first-order valence-corrected chi connectivity index (χ1v) is 10.0. The lowest BCUT2D eigenvalue weighted by Crippen LogP contribution is -2.53. The smallest absolute Gasteiger partial charge is 0.430 e. The molecule has 1 atom stereocenters. The Hall–Kier alpha value is -3.89. The summed E-state index contributed by atoms with van der Waals surface area (Å²) >= 11 is 0. The van der Waals surface area contributed by atoms with Gasteiger partial charge in [-0.1, -0.05) is 12.1 Å². The van der Waals surface area contributed by atoms with E-state index in [-0.39, 0.29) is 36.6 Å². The summed E-state index contributed by atoms with van der Waals surface area (Å²) in [4.78, 5) is 29.7. The van der Waals surface area contributed by atoms with Crippen LogP contribution in [0.25, 0.3) is 0 Å². The van der Waals surface area contributed by atoms with Gasteiger partial charge in [-0.25, -0.2) is 4.79 Å². The van der Waals surface area contributed by atoms with Gasteiger partial charge in [-0.3, -0.25) is 4.79 Å². The van der Waals surface area contributed by atoms with Gasteiger partial charge >= 0.3 is 18.4 Å². The molecule has 1 aromatic heterocycles. The minimum Gasteiger partial charge on any atom is -0.465 e. The largest absolute Gasteiger partial charge is 0.465 e. The minimum atomic E-state index is -6.05. The zero-order valence-electron chi connectivity index (χ0n) is 18.3. The number of nitrogens with zero attached hydrogens (tertiary/aromatic N) is 5. The van der Waals surface area contributed by atoms with Crippen molar-refractivity contribution >= 4 is 29.5 Å². The number of halogens is 6. The molecule has 11 nitrogen and oxygen atoms in total. The number of primary amides is 1. The van der Waals surface area contributed by atoms with Crippen LogP contribution in [0, 0.1) is 0 Å². The van der Waals surface area contributed by atoms with E-state index in [4.69, 9.17) is 10.8 Å². The highest BCUT2D eigenvalue weighted by molar-refractivity contribution is 5.96. The first-order valence-electron chi connectivity index (χ1n) is 10.0. The number of nitrogens with one attached hydrogen (secondary N) is 1. The van der Waals surface area contributed by atoms with E-state index in [9.17, 15) is 41.0 Å². The molecular weight excluding hydrogens is 504 g/mol. The maximum Gasteiger partial charge on any atom is 0.430 e. The van der Waals surface area contributed by atoms with Crippen LogP contribution in [0.5, 0.6) is 0 Å². The first kappa shape index (κ1) is 26.7. The molecule has 0 spiro atoms. The van der Waals surface area contributed by atoms with Gasteiger partial charge in [0.05, 0.1) is 6.04 Å². The SMILES string of the molecule is CN(c1nnc(C(N)=O)c(Nc2ccc(C(O)(C(F)(F)F)C(F)(F)F)cc2)n1)C1CCN(C(=O)O)C1. The number of likely N-dealkylation sites (tertiary alicyclic amines) is 1. The molecule has 5 N–H and O–H groups in total. The lowest BCUT2D eigenvalue weighted by Gasteiger charge is -2.32. The predicted octanol–water partition coefficient (Wildman–Crippen LogP) is 2.21. The van der Waals surface area contributed by atoms with Gasteiger partial charge in [-0.15, -0.1) is 10.2 Å². The third-order valence-corrected chi connectivity index (χ3v) is 5.59. The first-order chi connectivity index (χ1) is 16.6. The summed E-state index contributed by atoms with van der Waals surface area (Å²) in [5, 5.41) is 28.6. The summed E-state index contributed by atoms with van der Waals surface area (Å²) in [6.45, 7) is 0.398. The Kier molecular flexibility index (Phi) is 6.89. The average Bonchev–Trinajstić information content (AvgIpc) is 3.27. The monoisotopic (exact) mass is 523 g/mol. The summed E-state index contributed by atoms with van der Waals surface area (Å²) in [6, 6.07) is 2.09. The summed E-state index contributed by atoms with van der Waals surface area (Å²) in [7, 11) is 1.55. The molecule has 17 heteroatoms. The quantitative estimate of drug-likeness (QED) is 0.417. The highest BCUT2D eigenvalue weighted by Crippen LogP contribution is 2.50. The van der Waals surface area contributed by atoms with E-state index in [1.54, 1.807) is 7.05 Å². The number of benzene rings is 1. The Labute approximate surface area is 198 Å². The molecule has 196 valence electrons. The van der Waals surface area contributed by atoms with Crippen LogP contribution in [0.15, 0.2) is 24.3 Å². The second kappa shape index (κ2) is 9.29. The van der Waals surface area contributed by atoms with Gasteiger partial charge in [-0.2, -0.15) is 31.3 Å². The lowest BCUT2D eigenvalue weighted by molar-refractivity contribution is -0.376. The van der Waals surface area contributed by atoms with Crippen molar-refractivity contribution in [1.29, 1.82) is 0 Å². The third kappa shape index (κ3) is 4.91. The van der Waals surface area contributed by atoms with Gasteiger partial charge in [-0.05, 0) is 18.6 Å². The van der Waals surface area contributed by atoms with Crippen LogP contribution < -0.4 is 16.0 Å².